The number of ether oxygens (including phenoxy) is 1. The molecule has 92 valence electrons. The first-order valence-electron chi connectivity index (χ1n) is 5.17. The molecule has 5 nitrogen and oxygen atoms in total. The van der Waals surface area contributed by atoms with Crippen LogP contribution < -0.4 is 0 Å². The first-order chi connectivity index (χ1) is 7.95. The van der Waals surface area contributed by atoms with Crippen molar-refractivity contribution in [1.29, 1.82) is 0 Å². The highest BCUT2D eigenvalue weighted by atomic mass is 16.5. The number of phenolic OH excluding ortho intramolecular Hbond substituents is 2. The zero-order valence-corrected chi connectivity index (χ0v) is 9.69. The Morgan fingerprint density at radius 3 is 2.47 bits per heavy atom. The summed E-state index contributed by atoms with van der Waals surface area (Å²) in [7, 11) is 0. The highest BCUT2D eigenvalue weighted by molar-refractivity contribution is 5.99. The van der Waals surface area contributed by atoms with Gasteiger partial charge in [0.05, 0.1) is 18.6 Å². The van der Waals surface area contributed by atoms with Crippen LogP contribution in [0.4, 0.5) is 0 Å². The maximum absolute atomic E-state index is 11.3. The first kappa shape index (κ1) is 13.0. The van der Waals surface area contributed by atoms with Crippen LogP contribution in [0.25, 0.3) is 0 Å². The number of rotatable bonds is 4. The fraction of sp³-hybridized carbons (Fsp3) is 0.333. The van der Waals surface area contributed by atoms with E-state index in [0.717, 1.165) is 6.07 Å². The molecule has 0 aromatic heterocycles. The molecule has 0 unspecified atom stereocenters. The standard InChI is InChI=1S/C12H14O5/c1-3-17-11(16)5-8-4-9(14)6-10(15)12(8)7(2)13/h4,6,14-15H,3,5H2,1-2H3. The van der Waals surface area contributed by atoms with Gasteiger partial charge in [-0.05, 0) is 25.5 Å². The zero-order chi connectivity index (χ0) is 13.0. The highest BCUT2D eigenvalue weighted by Gasteiger charge is 2.17. The number of Topliss-reactive ketones (excluding diaryl/α,β-unsaturated/α-hetero) is 1. The van der Waals surface area contributed by atoms with E-state index < -0.39 is 5.97 Å². The second-order valence-electron chi connectivity index (χ2n) is 3.54. The Bertz CT molecular complexity index is 450. The van der Waals surface area contributed by atoms with Crippen molar-refractivity contribution in [2.75, 3.05) is 6.61 Å². The van der Waals surface area contributed by atoms with E-state index in [1.807, 2.05) is 0 Å². The molecule has 0 amide bonds. The molecule has 1 rings (SSSR count). The van der Waals surface area contributed by atoms with Crippen LogP contribution in [-0.4, -0.2) is 28.6 Å². The van der Waals surface area contributed by atoms with Crippen molar-refractivity contribution in [2.45, 2.75) is 20.3 Å². The molecule has 17 heavy (non-hydrogen) atoms. The number of carbonyl (C=O) groups is 2. The van der Waals surface area contributed by atoms with Gasteiger partial charge in [-0.25, -0.2) is 0 Å². The second-order valence-corrected chi connectivity index (χ2v) is 3.54. The van der Waals surface area contributed by atoms with E-state index >= 15 is 0 Å². The van der Waals surface area contributed by atoms with Gasteiger partial charge in [0.25, 0.3) is 0 Å². The Hall–Kier alpha value is -2.04. The SMILES string of the molecule is CCOC(=O)Cc1cc(O)cc(O)c1C(C)=O. The van der Waals surface area contributed by atoms with Gasteiger partial charge in [-0.2, -0.15) is 0 Å². The number of carbonyl (C=O) groups excluding carboxylic acids is 2. The van der Waals surface area contributed by atoms with E-state index in [2.05, 4.69) is 0 Å². The molecule has 0 bridgehead atoms. The molecule has 0 atom stereocenters. The monoisotopic (exact) mass is 238 g/mol. The summed E-state index contributed by atoms with van der Waals surface area (Å²) in [6.07, 6.45) is -0.162. The molecule has 0 radical (unpaired) electrons. The number of benzene rings is 1. The van der Waals surface area contributed by atoms with Gasteiger partial charge in [-0.1, -0.05) is 0 Å². The van der Waals surface area contributed by atoms with Crippen LogP contribution in [0.1, 0.15) is 29.8 Å². The number of ketones is 1. The molecule has 0 saturated heterocycles. The number of hydrogen-bond donors (Lipinski definition) is 2. The van der Waals surface area contributed by atoms with Crippen molar-refractivity contribution in [2.24, 2.45) is 0 Å². The van der Waals surface area contributed by atoms with E-state index in [0.29, 0.717) is 0 Å². The topological polar surface area (TPSA) is 83.8 Å². The van der Waals surface area contributed by atoms with Crippen LogP contribution >= 0.6 is 0 Å². The Balaban J connectivity index is 3.12. The van der Waals surface area contributed by atoms with Crippen LogP contribution in [0.2, 0.25) is 0 Å². The predicted octanol–water partition coefficient (Wildman–Crippen LogP) is 1.41. The van der Waals surface area contributed by atoms with Crippen molar-refractivity contribution in [3.63, 3.8) is 0 Å². The lowest BCUT2D eigenvalue weighted by molar-refractivity contribution is -0.142. The Morgan fingerprint density at radius 2 is 1.94 bits per heavy atom. The van der Waals surface area contributed by atoms with Crippen molar-refractivity contribution >= 4 is 11.8 Å². The van der Waals surface area contributed by atoms with Gasteiger partial charge >= 0.3 is 5.97 Å². The van der Waals surface area contributed by atoms with Gasteiger partial charge < -0.3 is 14.9 Å². The fourth-order valence-electron chi connectivity index (χ4n) is 1.58. The largest absolute Gasteiger partial charge is 0.508 e. The second kappa shape index (κ2) is 5.34. The molecule has 0 fully saturated rings. The average molecular weight is 238 g/mol. The third-order valence-corrected chi connectivity index (χ3v) is 2.18. The van der Waals surface area contributed by atoms with E-state index in [9.17, 15) is 19.8 Å². The molecular formula is C12H14O5. The molecule has 0 saturated carbocycles. The van der Waals surface area contributed by atoms with Crippen LogP contribution in [-0.2, 0) is 16.0 Å². The third-order valence-electron chi connectivity index (χ3n) is 2.18. The van der Waals surface area contributed by atoms with Gasteiger partial charge in [0.15, 0.2) is 5.78 Å². The molecule has 1 aromatic rings. The number of hydrogen-bond acceptors (Lipinski definition) is 5. The lowest BCUT2D eigenvalue weighted by Gasteiger charge is -2.09. The molecule has 1 aromatic carbocycles. The van der Waals surface area contributed by atoms with Crippen molar-refractivity contribution in [1.82, 2.24) is 0 Å². The Kier molecular flexibility index (Phi) is 4.09. The maximum Gasteiger partial charge on any atom is 0.310 e. The Morgan fingerprint density at radius 1 is 1.29 bits per heavy atom. The van der Waals surface area contributed by atoms with Crippen LogP contribution in [0.15, 0.2) is 12.1 Å². The summed E-state index contributed by atoms with van der Waals surface area (Å²) in [6, 6.07) is 2.33. The number of esters is 1. The lowest BCUT2D eigenvalue weighted by atomic mass is 10.00. The fourth-order valence-corrected chi connectivity index (χ4v) is 1.58. The average Bonchev–Trinajstić information content (AvgIpc) is 2.15. The van der Waals surface area contributed by atoms with Gasteiger partial charge in [0, 0.05) is 6.07 Å². The van der Waals surface area contributed by atoms with Crippen molar-refractivity contribution in [3.8, 4) is 11.5 Å². The molecule has 0 spiro atoms. The molecule has 0 aliphatic heterocycles. The zero-order valence-electron chi connectivity index (χ0n) is 9.69. The quantitative estimate of drug-likeness (QED) is 0.612. The minimum atomic E-state index is -0.514. The smallest absolute Gasteiger partial charge is 0.310 e. The predicted molar refractivity (Wildman–Crippen MR) is 60.1 cm³/mol. The molecule has 2 N–H and O–H groups in total. The van der Waals surface area contributed by atoms with Gasteiger partial charge in [0.1, 0.15) is 11.5 Å². The van der Waals surface area contributed by atoms with Gasteiger partial charge in [0.2, 0.25) is 0 Å². The lowest BCUT2D eigenvalue weighted by Crippen LogP contribution is -2.10. The van der Waals surface area contributed by atoms with Crippen LogP contribution in [0.3, 0.4) is 0 Å². The first-order valence-corrected chi connectivity index (χ1v) is 5.17. The highest BCUT2D eigenvalue weighted by Crippen LogP contribution is 2.28. The normalized spacial score (nSPS) is 10.0. The summed E-state index contributed by atoms with van der Waals surface area (Å²) >= 11 is 0. The molecule has 5 heteroatoms. The minimum absolute atomic E-state index is 0.0378. The molecule has 0 aliphatic rings. The van der Waals surface area contributed by atoms with E-state index in [1.54, 1.807) is 6.92 Å². The maximum atomic E-state index is 11.3. The Labute approximate surface area is 98.6 Å². The van der Waals surface area contributed by atoms with Gasteiger partial charge in [-0.3, -0.25) is 9.59 Å². The number of phenols is 2. The van der Waals surface area contributed by atoms with Gasteiger partial charge in [-0.15, -0.1) is 0 Å². The molecule has 0 heterocycles. The third kappa shape index (κ3) is 3.21. The van der Waals surface area contributed by atoms with Crippen LogP contribution in [0, 0.1) is 0 Å². The molecule has 0 aliphatic carbocycles. The minimum Gasteiger partial charge on any atom is -0.508 e. The molecular weight excluding hydrogens is 224 g/mol. The summed E-state index contributed by atoms with van der Waals surface area (Å²) < 4.78 is 4.75. The summed E-state index contributed by atoms with van der Waals surface area (Å²) in [4.78, 5) is 22.7. The van der Waals surface area contributed by atoms with E-state index in [4.69, 9.17) is 4.74 Å². The van der Waals surface area contributed by atoms with Crippen LogP contribution in [0.5, 0.6) is 11.5 Å². The summed E-state index contributed by atoms with van der Waals surface area (Å²) in [6.45, 7) is 3.18. The summed E-state index contributed by atoms with van der Waals surface area (Å²) in [5.74, 6) is -1.43. The summed E-state index contributed by atoms with van der Waals surface area (Å²) in [5.41, 5.74) is 0.296. The number of aromatic hydroxyl groups is 2. The van der Waals surface area contributed by atoms with E-state index in [-0.39, 0.29) is 41.4 Å². The van der Waals surface area contributed by atoms with Crippen molar-refractivity contribution in [3.05, 3.63) is 23.3 Å². The van der Waals surface area contributed by atoms with E-state index in [1.165, 1.54) is 13.0 Å². The summed E-state index contributed by atoms with van der Waals surface area (Å²) in [5, 5.41) is 18.9. The van der Waals surface area contributed by atoms with Crippen molar-refractivity contribution < 1.29 is 24.5 Å².